The van der Waals surface area contributed by atoms with E-state index in [1.54, 1.807) is 12.1 Å². The molecular formula is C14H19BrN2O3. The number of rotatable bonds is 5. The fourth-order valence-corrected chi connectivity index (χ4v) is 2.62. The first kappa shape index (κ1) is 15.3. The lowest BCUT2D eigenvalue weighted by atomic mass is 10.1. The number of halogens is 1. The van der Waals surface area contributed by atoms with Crippen molar-refractivity contribution in [2.75, 3.05) is 38.1 Å². The molecule has 1 unspecified atom stereocenters. The lowest BCUT2D eigenvalue weighted by molar-refractivity contribution is -0.0191. The fourth-order valence-electron chi connectivity index (χ4n) is 2.26. The predicted molar refractivity (Wildman–Crippen MR) is 81.4 cm³/mol. The topological polar surface area (TPSA) is 61.8 Å². The van der Waals surface area contributed by atoms with Crippen LogP contribution in [-0.4, -0.2) is 54.9 Å². The molecule has 5 nitrogen and oxygen atoms in total. The van der Waals surface area contributed by atoms with Crippen LogP contribution < -0.4 is 5.32 Å². The lowest BCUT2D eigenvalue weighted by Gasteiger charge is -2.32. The molecule has 1 aliphatic heterocycles. The Morgan fingerprint density at radius 1 is 1.60 bits per heavy atom. The highest BCUT2D eigenvalue weighted by atomic mass is 79.9. The molecule has 0 bridgehead atoms. The summed E-state index contributed by atoms with van der Waals surface area (Å²) in [5, 5.41) is 12.4. The molecular weight excluding hydrogens is 324 g/mol. The molecule has 1 aliphatic rings. The second-order valence-corrected chi connectivity index (χ2v) is 5.68. The van der Waals surface area contributed by atoms with Gasteiger partial charge in [0.25, 0.3) is 0 Å². The number of hydrogen-bond acceptors (Lipinski definition) is 4. The minimum Gasteiger partial charge on any atom is -0.478 e. The number of anilines is 1. The monoisotopic (exact) mass is 342 g/mol. The van der Waals surface area contributed by atoms with Gasteiger partial charge in [-0.1, -0.05) is 22.9 Å². The summed E-state index contributed by atoms with van der Waals surface area (Å²) in [4.78, 5) is 13.6. The minimum absolute atomic E-state index is 0.0917. The normalized spacial score (nSPS) is 19.8. The first-order chi connectivity index (χ1) is 9.60. The smallest absolute Gasteiger partial charge is 0.337 e. The molecule has 2 N–H and O–H groups in total. The van der Waals surface area contributed by atoms with Gasteiger partial charge in [-0.05, 0) is 24.7 Å². The third-order valence-corrected chi connectivity index (χ3v) is 3.90. The standard InChI is InChI=1S/C14H19BrN2O3/c1-2-17-5-6-20-11(9-17)8-16-13-4-3-10(15)7-12(13)14(18)19/h3-4,7,11,16H,2,5-6,8-9H2,1H3,(H,18,19). The number of carboxylic acids is 1. The van der Waals surface area contributed by atoms with Gasteiger partial charge in [0, 0.05) is 29.8 Å². The Hall–Kier alpha value is -1.11. The maximum absolute atomic E-state index is 11.2. The van der Waals surface area contributed by atoms with Crippen LogP contribution in [0.5, 0.6) is 0 Å². The summed E-state index contributed by atoms with van der Waals surface area (Å²) < 4.78 is 6.45. The van der Waals surface area contributed by atoms with E-state index in [1.807, 2.05) is 6.07 Å². The predicted octanol–water partition coefficient (Wildman–Crippen LogP) is 2.28. The van der Waals surface area contributed by atoms with Gasteiger partial charge in [-0.25, -0.2) is 4.79 Å². The third-order valence-electron chi connectivity index (χ3n) is 3.40. The van der Waals surface area contributed by atoms with Crippen molar-refractivity contribution < 1.29 is 14.6 Å². The average Bonchev–Trinajstić information content (AvgIpc) is 2.46. The van der Waals surface area contributed by atoms with E-state index in [0.29, 0.717) is 12.2 Å². The molecule has 1 atom stereocenters. The van der Waals surface area contributed by atoms with Gasteiger partial charge in [0.05, 0.1) is 18.3 Å². The summed E-state index contributed by atoms with van der Waals surface area (Å²) in [6.07, 6.45) is 0.0917. The SMILES string of the molecule is CCN1CCOC(CNc2ccc(Br)cc2C(=O)O)C1. The van der Waals surface area contributed by atoms with Gasteiger partial charge in [-0.2, -0.15) is 0 Å². The highest BCUT2D eigenvalue weighted by Crippen LogP contribution is 2.21. The van der Waals surface area contributed by atoms with Crippen LogP contribution >= 0.6 is 15.9 Å². The molecule has 2 rings (SSSR count). The summed E-state index contributed by atoms with van der Waals surface area (Å²) in [6.45, 7) is 6.32. The van der Waals surface area contributed by atoms with Crippen molar-refractivity contribution in [1.82, 2.24) is 4.90 Å². The number of carbonyl (C=O) groups is 1. The average molecular weight is 343 g/mol. The summed E-state index contributed by atoms with van der Waals surface area (Å²) in [5.74, 6) is -0.937. The van der Waals surface area contributed by atoms with Crippen molar-refractivity contribution in [2.24, 2.45) is 0 Å². The first-order valence-corrected chi connectivity index (χ1v) is 7.50. The quantitative estimate of drug-likeness (QED) is 0.859. The van der Waals surface area contributed by atoms with Crippen LogP contribution in [-0.2, 0) is 4.74 Å². The summed E-state index contributed by atoms with van der Waals surface area (Å²) in [6, 6.07) is 5.20. The lowest BCUT2D eigenvalue weighted by Crippen LogP contribution is -2.45. The van der Waals surface area contributed by atoms with Crippen molar-refractivity contribution in [3.8, 4) is 0 Å². The molecule has 1 heterocycles. The fraction of sp³-hybridized carbons (Fsp3) is 0.500. The van der Waals surface area contributed by atoms with Crippen LogP contribution in [0.15, 0.2) is 22.7 Å². The number of likely N-dealkylation sites (N-methyl/N-ethyl adjacent to an activating group) is 1. The Kier molecular flexibility index (Phi) is 5.39. The Morgan fingerprint density at radius 3 is 3.10 bits per heavy atom. The Balaban J connectivity index is 1.98. The zero-order valence-corrected chi connectivity index (χ0v) is 13.0. The summed E-state index contributed by atoms with van der Waals surface area (Å²) >= 11 is 3.29. The van der Waals surface area contributed by atoms with E-state index < -0.39 is 5.97 Å². The van der Waals surface area contributed by atoms with Crippen LogP contribution in [0.1, 0.15) is 17.3 Å². The highest BCUT2D eigenvalue weighted by Gasteiger charge is 2.19. The van der Waals surface area contributed by atoms with Crippen molar-refractivity contribution in [2.45, 2.75) is 13.0 Å². The van der Waals surface area contributed by atoms with Crippen molar-refractivity contribution in [1.29, 1.82) is 0 Å². The Bertz CT molecular complexity index is 481. The molecule has 0 saturated carbocycles. The van der Waals surface area contributed by atoms with Gasteiger partial charge >= 0.3 is 5.97 Å². The van der Waals surface area contributed by atoms with Gasteiger partial charge in [0.15, 0.2) is 0 Å². The number of ether oxygens (including phenoxy) is 1. The summed E-state index contributed by atoms with van der Waals surface area (Å²) in [5.41, 5.74) is 0.889. The second kappa shape index (κ2) is 7.06. The second-order valence-electron chi connectivity index (χ2n) is 4.76. The Morgan fingerprint density at radius 2 is 2.40 bits per heavy atom. The molecule has 0 spiro atoms. The molecule has 1 aromatic carbocycles. The zero-order chi connectivity index (χ0) is 14.5. The van der Waals surface area contributed by atoms with Crippen LogP contribution in [0, 0.1) is 0 Å². The van der Waals surface area contributed by atoms with Crippen molar-refractivity contribution in [3.63, 3.8) is 0 Å². The van der Waals surface area contributed by atoms with E-state index in [1.165, 1.54) is 0 Å². The molecule has 6 heteroatoms. The minimum atomic E-state index is -0.937. The largest absolute Gasteiger partial charge is 0.478 e. The van der Waals surface area contributed by atoms with Crippen LogP contribution in [0.2, 0.25) is 0 Å². The van der Waals surface area contributed by atoms with E-state index in [-0.39, 0.29) is 11.7 Å². The summed E-state index contributed by atoms with van der Waals surface area (Å²) in [7, 11) is 0. The molecule has 1 aromatic rings. The molecule has 0 aromatic heterocycles. The van der Waals surface area contributed by atoms with Gasteiger partial charge in [-0.3, -0.25) is 4.90 Å². The highest BCUT2D eigenvalue weighted by molar-refractivity contribution is 9.10. The Labute approximate surface area is 127 Å². The van der Waals surface area contributed by atoms with E-state index in [9.17, 15) is 9.90 Å². The van der Waals surface area contributed by atoms with Crippen molar-refractivity contribution >= 4 is 27.6 Å². The molecule has 0 amide bonds. The van der Waals surface area contributed by atoms with Crippen LogP contribution in [0.25, 0.3) is 0 Å². The number of hydrogen-bond donors (Lipinski definition) is 2. The third kappa shape index (κ3) is 3.94. The zero-order valence-electron chi connectivity index (χ0n) is 11.4. The number of morpholine rings is 1. The molecule has 1 fully saturated rings. The van der Waals surface area contributed by atoms with E-state index in [4.69, 9.17) is 4.74 Å². The van der Waals surface area contributed by atoms with Gasteiger partial charge in [0.2, 0.25) is 0 Å². The van der Waals surface area contributed by atoms with E-state index in [2.05, 4.69) is 33.1 Å². The van der Waals surface area contributed by atoms with Gasteiger partial charge < -0.3 is 15.2 Å². The maximum atomic E-state index is 11.2. The van der Waals surface area contributed by atoms with Crippen LogP contribution in [0.4, 0.5) is 5.69 Å². The van der Waals surface area contributed by atoms with Crippen molar-refractivity contribution in [3.05, 3.63) is 28.2 Å². The number of benzene rings is 1. The van der Waals surface area contributed by atoms with Gasteiger partial charge in [0.1, 0.15) is 0 Å². The van der Waals surface area contributed by atoms with Gasteiger partial charge in [-0.15, -0.1) is 0 Å². The molecule has 20 heavy (non-hydrogen) atoms. The number of nitrogens with one attached hydrogen (secondary N) is 1. The maximum Gasteiger partial charge on any atom is 0.337 e. The van der Waals surface area contributed by atoms with E-state index >= 15 is 0 Å². The molecule has 1 saturated heterocycles. The first-order valence-electron chi connectivity index (χ1n) is 6.70. The van der Waals surface area contributed by atoms with Crippen LogP contribution in [0.3, 0.4) is 0 Å². The molecule has 0 aliphatic carbocycles. The van der Waals surface area contributed by atoms with E-state index in [0.717, 1.165) is 30.7 Å². The number of carboxylic acid groups (broad SMARTS) is 1. The number of aromatic carboxylic acids is 1. The molecule has 0 radical (unpaired) electrons. The number of nitrogens with zero attached hydrogens (tertiary/aromatic N) is 1. The molecule has 110 valence electrons.